The van der Waals surface area contributed by atoms with Crippen molar-refractivity contribution in [1.29, 1.82) is 10.5 Å². The molecular weight excluding hydrogens is 282 g/mol. The molecule has 0 saturated carbocycles. The summed E-state index contributed by atoms with van der Waals surface area (Å²) in [5, 5.41) is 18.3. The van der Waals surface area contributed by atoms with Crippen molar-refractivity contribution in [3.8, 4) is 12.1 Å². The number of hydrogen-bond donors (Lipinski definition) is 0. The molecule has 1 atom stereocenters. The fourth-order valence-corrected chi connectivity index (χ4v) is 2.25. The number of nitriles is 2. The SMILES string of the molecule is N#Cc1c(F)cccc1[C@H](C#N)c1c(F)cccc1Cl. The van der Waals surface area contributed by atoms with Crippen LogP contribution in [0.2, 0.25) is 5.02 Å². The Labute approximate surface area is 119 Å². The molecule has 0 aliphatic rings. The molecule has 0 spiro atoms. The lowest BCUT2D eigenvalue weighted by Gasteiger charge is -2.14. The standard InChI is InChI=1S/C15H7ClF2N2/c16-12-4-2-6-14(18)15(12)11(8-20)9-3-1-5-13(17)10(9)7-19/h1-6,11H/t11-/m0/s1. The number of rotatable bonds is 2. The lowest BCUT2D eigenvalue weighted by atomic mass is 9.89. The van der Waals surface area contributed by atoms with Gasteiger partial charge in [-0.25, -0.2) is 8.78 Å². The second kappa shape index (κ2) is 5.69. The summed E-state index contributed by atoms with van der Waals surface area (Å²) in [7, 11) is 0. The van der Waals surface area contributed by atoms with E-state index < -0.39 is 17.6 Å². The monoisotopic (exact) mass is 288 g/mol. The lowest BCUT2D eigenvalue weighted by molar-refractivity contribution is 0.605. The largest absolute Gasteiger partial charge is 0.207 e. The van der Waals surface area contributed by atoms with Gasteiger partial charge in [0.15, 0.2) is 0 Å². The Hall–Kier alpha value is -2.43. The van der Waals surface area contributed by atoms with E-state index in [1.165, 1.54) is 24.3 Å². The van der Waals surface area contributed by atoms with Crippen LogP contribution < -0.4 is 0 Å². The maximum absolute atomic E-state index is 13.9. The molecule has 2 nitrogen and oxygen atoms in total. The highest BCUT2D eigenvalue weighted by Crippen LogP contribution is 2.34. The van der Waals surface area contributed by atoms with E-state index in [0.717, 1.165) is 12.1 Å². The third-order valence-electron chi connectivity index (χ3n) is 2.89. The molecule has 0 heterocycles. The van der Waals surface area contributed by atoms with E-state index in [1.54, 1.807) is 6.07 Å². The Morgan fingerprint density at radius 2 is 1.65 bits per heavy atom. The second-order valence-electron chi connectivity index (χ2n) is 4.01. The summed E-state index contributed by atoms with van der Waals surface area (Å²) in [5.74, 6) is -2.57. The zero-order valence-corrected chi connectivity index (χ0v) is 10.8. The van der Waals surface area contributed by atoms with Crippen molar-refractivity contribution in [2.45, 2.75) is 5.92 Å². The van der Waals surface area contributed by atoms with Gasteiger partial charge in [-0.3, -0.25) is 0 Å². The molecule has 0 fully saturated rings. The first-order valence-electron chi connectivity index (χ1n) is 5.62. The van der Waals surface area contributed by atoms with Crippen molar-refractivity contribution in [2.24, 2.45) is 0 Å². The minimum absolute atomic E-state index is 0.0567. The van der Waals surface area contributed by atoms with Crippen LogP contribution in [0.1, 0.15) is 22.6 Å². The highest BCUT2D eigenvalue weighted by Gasteiger charge is 2.24. The van der Waals surface area contributed by atoms with Crippen LogP contribution in [-0.2, 0) is 0 Å². The number of halogens is 3. The van der Waals surface area contributed by atoms with Crippen molar-refractivity contribution in [2.75, 3.05) is 0 Å². The number of hydrogen-bond acceptors (Lipinski definition) is 2. The van der Waals surface area contributed by atoms with E-state index in [9.17, 15) is 14.0 Å². The predicted molar refractivity (Wildman–Crippen MR) is 70.0 cm³/mol. The Morgan fingerprint density at radius 3 is 2.25 bits per heavy atom. The molecule has 2 aromatic carbocycles. The fourth-order valence-electron chi connectivity index (χ4n) is 1.98. The maximum atomic E-state index is 13.9. The van der Waals surface area contributed by atoms with Gasteiger partial charge in [0.05, 0.1) is 11.6 Å². The first-order chi connectivity index (χ1) is 9.60. The molecule has 0 N–H and O–H groups in total. The molecule has 0 aliphatic carbocycles. The van der Waals surface area contributed by atoms with Crippen LogP contribution in [0.5, 0.6) is 0 Å². The predicted octanol–water partition coefficient (Wildman–Crippen LogP) is 4.15. The van der Waals surface area contributed by atoms with E-state index >= 15 is 0 Å². The topological polar surface area (TPSA) is 47.6 Å². The third-order valence-corrected chi connectivity index (χ3v) is 3.22. The van der Waals surface area contributed by atoms with E-state index in [4.69, 9.17) is 16.9 Å². The normalized spacial score (nSPS) is 11.4. The molecule has 0 bridgehead atoms. The fraction of sp³-hybridized carbons (Fsp3) is 0.0667. The van der Waals surface area contributed by atoms with Gasteiger partial charge in [-0.05, 0) is 23.8 Å². The minimum atomic E-state index is -1.14. The van der Waals surface area contributed by atoms with Gasteiger partial charge in [-0.15, -0.1) is 0 Å². The van der Waals surface area contributed by atoms with Gasteiger partial charge in [0.2, 0.25) is 0 Å². The van der Waals surface area contributed by atoms with Crippen molar-refractivity contribution >= 4 is 11.6 Å². The summed E-state index contributed by atoms with van der Waals surface area (Å²) >= 11 is 5.92. The molecule has 5 heteroatoms. The van der Waals surface area contributed by atoms with E-state index in [0.29, 0.717) is 0 Å². The van der Waals surface area contributed by atoms with E-state index in [-0.39, 0.29) is 21.7 Å². The van der Waals surface area contributed by atoms with Crippen molar-refractivity contribution < 1.29 is 8.78 Å². The van der Waals surface area contributed by atoms with Crippen molar-refractivity contribution in [3.63, 3.8) is 0 Å². The summed E-state index contributed by atoms with van der Waals surface area (Å²) in [6.07, 6.45) is 0. The Morgan fingerprint density at radius 1 is 1.00 bits per heavy atom. The molecule has 20 heavy (non-hydrogen) atoms. The van der Waals surface area contributed by atoms with Crippen LogP contribution in [0.25, 0.3) is 0 Å². The average molecular weight is 289 g/mol. The lowest BCUT2D eigenvalue weighted by Crippen LogP contribution is -2.06. The highest BCUT2D eigenvalue weighted by molar-refractivity contribution is 6.31. The molecular formula is C15H7ClF2N2. The van der Waals surface area contributed by atoms with Gasteiger partial charge in [0.1, 0.15) is 23.6 Å². The molecule has 0 saturated heterocycles. The van der Waals surface area contributed by atoms with E-state index in [2.05, 4.69) is 0 Å². The number of nitrogens with zero attached hydrogens (tertiary/aromatic N) is 2. The maximum Gasteiger partial charge on any atom is 0.141 e. The average Bonchev–Trinajstić information content (AvgIpc) is 2.43. The van der Waals surface area contributed by atoms with E-state index in [1.807, 2.05) is 6.07 Å². The van der Waals surface area contributed by atoms with Gasteiger partial charge in [0.25, 0.3) is 0 Å². The second-order valence-corrected chi connectivity index (χ2v) is 4.42. The van der Waals surface area contributed by atoms with Crippen LogP contribution in [0.15, 0.2) is 36.4 Å². The molecule has 0 aliphatic heterocycles. The summed E-state index contributed by atoms with van der Waals surface area (Å²) in [6, 6.07) is 11.5. The van der Waals surface area contributed by atoms with Gasteiger partial charge >= 0.3 is 0 Å². The van der Waals surface area contributed by atoms with Gasteiger partial charge in [0, 0.05) is 10.6 Å². The molecule has 2 aromatic rings. The van der Waals surface area contributed by atoms with Crippen LogP contribution in [-0.4, -0.2) is 0 Å². The minimum Gasteiger partial charge on any atom is -0.207 e. The molecule has 0 aromatic heterocycles. The molecule has 0 amide bonds. The Balaban J connectivity index is 2.70. The first kappa shape index (κ1) is 14.0. The van der Waals surface area contributed by atoms with Gasteiger partial charge < -0.3 is 0 Å². The quantitative estimate of drug-likeness (QED) is 0.833. The van der Waals surface area contributed by atoms with Crippen LogP contribution in [0.3, 0.4) is 0 Å². The van der Waals surface area contributed by atoms with Crippen LogP contribution in [0, 0.1) is 34.3 Å². The number of benzene rings is 2. The van der Waals surface area contributed by atoms with Crippen LogP contribution in [0.4, 0.5) is 8.78 Å². The molecule has 0 unspecified atom stereocenters. The van der Waals surface area contributed by atoms with Gasteiger partial charge in [-0.2, -0.15) is 10.5 Å². The summed E-state index contributed by atoms with van der Waals surface area (Å²) in [5.41, 5.74) is -0.237. The van der Waals surface area contributed by atoms with Crippen molar-refractivity contribution in [3.05, 3.63) is 69.7 Å². The third kappa shape index (κ3) is 2.34. The Kier molecular flexibility index (Phi) is 3.98. The highest BCUT2D eigenvalue weighted by atomic mass is 35.5. The zero-order valence-electron chi connectivity index (χ0n) is 10.1. The summed E-state index contributed by atoms with van der Waals surface area (Å²) in [6.45, 7) is 0. The van der Waals surface area contributed by atoms with Gasteiger partial charge in [-0.1, -0.05) is 29.8 Å². The molecule has 0 radical (unpaired) electrons. The van der Waals surface area contributed by atoms with Crippen molar-refractivity contribution in [1.82, 2.24) is 0 Å². The Bertz CT molecular complexity index is 724. The molecule has 98 valence electrons. The zero-order chi connectivity index (χ0) is 14.7. The smallest absolute Gasteiger partial charge is 0.141 e. The summed E-state index contributed by atoms with van der Waals surface area (Å²) in [4.78, 5) is 0. The molecule has 2 rings (SSSR count). The van der Waals surface area contributed by atoms with Crippen LogP contribution >= 0.6 is 11.6 Å². The first-order valence-corrected chi connectivity index (χ1v) is 6.00. The summed E-state index contributed by atoms with van der Waals surface area (Å²) < 4.78 is 27.5.